The molecule has 2 aromatic heterocycles. The molecule has 12 heteroatoms. The third kappa shape index (κ3) is 4.26. The van der Waals surface area contributed by atoms with Crippen LogP contribution >= 0.6 is 0 Å². The highest BCUT2D eigenvalue weighted by Gasteiger charge is 2.43. The van der Waals surface area contributed by atoms with E-state index < -0.39 is 35.3 Å². The van der Waals surface area contributed by atoms with Gasteiger partial charge in [-0.05, 0) is 42.8 Å². The predicted octanol–water partition coefficient (Wildman–Crippen LogP) is 3.91. The molecule has 178 valence electrons. The second-order valence-electron chi connectivity index (χ2n) is 7.53. The van der Waals surface area contributed by atoms with Crippen molar-refractivity contribution in [2.45, 2.75) is 25.2 Å². The van der Waals surface area contributed by atoms with Crippen LogP contribution in [-0.2, 0) is 5.54 Å². The molecule has 4 rings (SSSR count). The second-order valence-corrected chi connectivity index (χ2v) is 7.53. The number of carboxylic acids is 1. The van der Waals surface area contributed by atoms with Crippen molar-refractivity contribution in [3.63, 3.8) is 0 Å². The number of aromatic carboxylic acids is 1. The van der Waals surface area contributed by atoms with E-state index >= 15 is 0 Å². The number of amides is 1. The number of H-pyrrole nitrogens is 1. The molecule has 0 unspecified atom stereocenters. The Balaban J connectivity index is 1.80. The Labute approximate surface area is 189 Å². The smallest absolute Gasteiger partial charge is 0.491 e. The van der Waals surface area contributed by atoms with Crippen molar-refractivity contribution >= 4 is 11.9 Å². The minimum absolute atomic E-state index is 0.0626. The monoisotopic (exact) mass is 479 g/mol. The third-order valence-corrected chi connectivity index (χ3v) is 5.38. The maximum absolute atomic E-state index is 14.6. The minimum Gasteiger partial charge on any atom is -0.491 e. The van der Waals surface area contributed by atoms with Gasteiger partial charge in [-0.25, -0.2) is 9.18 Å². The number of hydrogen-bond acceptors (Lipinski definition) is 5. The van der Waals surface area contributed by atoms with Crippen molar-refractivity contribution in [3.8, 4) is 11.5 Å². The number of aryl methyl sites for hydroxylation is 1. The number of nitrogens with zero attached hydrogens (tertiary/aromatic N) is 1. The van der Waals surface area contributed by atoms with Gasteiger partial charge in [0.15, 0.2) is 11.6 Å². The summed E-state index contributed by atoms with van der Waals surface area (Å²) in [7, 11) is 0. The van der Waals surface area contributed by atoms with Crippen LogP contribution in [0.4, 0.5) is 17.6 Å². The number of benzene rings is 1. The van der Waals surface area contributed by atoms with Crippen molar-refractivity contribution in [1.82, 2.24) is 15.3 Å². The number of aromatic nitrogens is 2. The second kappa shape index (κ2) is 8.36. The van der Waals surface area contributed by atoms with Crippen LogP contribution in [0.1, 0.15) is 44.2 Å². The van der Waals surface area contributed by atoms with E-state index in [-0.39, 0.29) is 41.2 Å². The van der Waals surface area contributed by atoms with Gasteiger partial charge >= 0.3 is 12.3 Å². The summed E-state index contributed by atoms with van der Waals surface area (Å²) in [6.07, 6.45) is -3.60. The first-order valence-corrected chi connectivity index (χ1v) is 9.89. The lowest BCUT2D eigenvalue weighted by atomic mass is 9.81. The molecular formula is C22H17F4N3O5. The van der Waals surface area contributed by atoms with Crippen molar-refractivity contribution in [2.75, 3.05) is 6.61 Å². The van der Waals surface area contributed by atoms with Crippen LogP contribution in [0.3, 0.4) is 0 Å². The number of carbonyl (C=O) groups excluding carboxylic acids is 1. The van der Waals surface area contributed by atoms with Crippen LogP contribution in [-0.4, -0.2) is 39.9 Å². The van der Waals surface area contributed by atoms with Gasteiger partial charge in [0, 0.05) is 18.3 Å². The van der Waals surface area contributed by atoms with Crippen molar-refractivity contribution in [2.24, 2.45) is 0 Å². The number of nitrogens with one attached hydrogen (secondary N) is 2. The Morgan fingerprint density at radius 2 is 2.03 bits per heavy atom. The average molecular weight is 479 g/mol. The number of alkyl halides is 3. The molecule has 0 bridgehead atoms. The topological polar surface area (TPSA) is 114 Å². The Kier molecular flexibility index (Phi) is 5.67. The van der Waals surface area contributed by atoms with E-state index in [1.807, 2.05) is 0 Å². The van der Waals surface area contributed by atoms with Gasteiger partial charge in [0.2, 0.25) is 0 Å². The summed E-state index contributed by atoms with van der Waals surface area (Å²) >= 11 is 0. The highest BCUT2D eigenvalue weighted by Crippen LogP contribution is 2.42. The number of rotatable bonds is 5. The lowest BCUT2D eigenvalue weighted by molar-refractivity contribution is -0.275. The molecule has 0 fully saturated rings. The first-order chi connectivity index (χ1) is 16.0. The SMILES string of the molecule is Cc1[nH]c(C(=O)N[C@]2(c3ccc(OC(F)(F)F)c(F)c3)CCOc3cccnc32)cc1C(=O)O. The fourth-order valence-corrected chi connectivity index (χ4v) is 3.87. The molecule has 0 radical (unpaired) electrons. The molecule has 1 aliphatic rings. The fourth-order valence-electron chi connectivity index (χ4n) is 3.87. The van der Waals surface area contributed by atoms with E-state index in [0.717, 1.165) is 18.2 Å². The third-order valence-electron chi connectivity index (χ3n) is 5.38. The molecule has 3 heterocycles. The maximum atomic E-state index is 14.6. The molecule has 0 saturated heterocycles. The highest BCUT2D eigenvalue weighted by molar-refractivity contribution is 5.98. The standard InChI is InChI=1S/C22H17F4N3O5/c1-11-13(20(31)32)10-15(28-11)19(30)29-21(6-8-33-17-3-2-7-27-18(17)21)12-4-5-16(14(23)9-12)34-22(24,25)26/h2-5,7,9-10,28H,6,8H2,1H3,(H,29,30)(H,31,32)/t21-/m0/s1. The molecule has 3 aromatic rings. The summed E-state index contributed by atoms with van der Waals surface area (Å²) in [5.74, 6) is -4.00. The lowest BCUT2D eigenvalue weighted by Crippen LogP contribution is -2.50. The number of carbonyl (C=O) groups is 2. The average Bonchev–Trinajstić information content (AvgIpc) is 3.16. The molecular weight excluding hydrogens is 462 g/mol. The van der Waals surface area contributed by atoms with Crippen molar-refractivity contribution in [3.05, 3.63) is 76.6 Å². The largest absolute Gasteiger partial charge is 0.573 e. The molecule has 0 spiro atoms. The lowest BCUT2D eigenvalue weighted by Gasteiger charge is -2.39. The quantitative estimate of drug-likeness (QED) is 0.479. The van der Waals surface area contributed by atoms with E-state index in [2.05, 4.69) is 20.0 Å². The Hall–Kier alpha value is -4.09. The molecule has 0 saturated carbocycles. The minimum atomic E-state index is -5.09. The van der Waals surface area contributed by atoms with Gasteiger partial charge in [0.05, 0.1) is 12.2 Å². The van der Waals surface area contributed by atoms with Gasteiger partial charge in [-0.15, -0.1) is 13.2 Å². The predicted molar refractivity (Wildman–Crippen MR) is 108 cm³/mol. The number of fused-ring (bicyclic) bond motifs is 1. The van der Waals surface area contributed by atoms with Gasteiger partial charge in [-0.1, -0.05) is 6.07 Å². The number of pyridine rings is 1. The number of carboxylic acid groups (broad SMARTS) is 1. The van der Waals surface area contributed by atoms with Crippen LogP contribution in [0, 0.1) is 12.7 Å². The van der Waals surface area contributed by atoms with E-state index in [9.17, 15) is 32.3 Å². The Morgan fingerprint density at radius 3 is 2.68 bits per heavy atom. The van der Waals surface area contributed by atoms with Crippen LogP contribution in [0.15, 0.2) is 42.6 Å². The number of aromatic amines is 1. The Morgan fingerprint density at radius 1 is 1.26 bits per heavy atom. The van der Waals surface area contributed by atoms with E-state index in [4.69, 9.17) is 4.74 Å². The van der Waals surface area contributed by atoms with Crippen LogP contribution < -0.4 is 14.8 Å². The summed E-state index contributed by atoms with van der Waals surface area (Å²) in [6.45, 7) is 1.56. The van der Waals surface area contributed by atoms with Gasteiger partial charge in [-0.2, -0.15) is 0 Å². The number of halogens is 4. The van der Waals surface area contributed by atoms with Crippen molar-refractivity contribution in [1.29, 1.82) is 0 Å². The van der Waals surface area contributed by atoms with Gasteiger partial charge in [0.25, 0.3) is 5.91 Å². The van der Waals surface area contributed by atoms with Gasteiger partial charge in [-0.3, -0.25) is 9.78 Å². The van der Waals surface area contributed by atoms with E-state index in [0.29, 0.717) is 5.75 Å². The molecule has 1 atom stereocenters. The van der Waals surface area contributed by atoms with Gasteiger partial charge in [0.1, 0.15) is 22.7 Å². The zero-order chi connectivity index (χ0) is 24.7. The van der Waals surface area contributed by atoms with Crippen LogP contribution in [0.25, 0.3) is 0 Å². The van der Waals surface area contributed by atoms with E-state index in [1.54, 1.807) is 12.1 Å². The van der Waals surface area contributed by atoms with Crippen molar-refractivity contribution < 1.29 is 41.7 Å². The maximum Gasteiger partial charge on any atom is 0.573 e. The highest BCUT2D eigenvalue weighted by atomic mass is 19.4. The summed E-state index contributed by atoms with van der Waals surface area (Å²) < 4.78 is 61.7. The van der Waals surface area contributed by atoms with Crippen LogP contribution in [0.5, 0.6) is 11.5 Å². The first kappa shape index (κ1) is 23.1. The summed E-state index contributed by atoms with van der Waals surface area (Å²) in [6, 6.07) is 7.16. The fraction of sp³-hybridized carbons (Fsp3) is 0.227. The molecule has 34 heavy (non-hydrogen) atoms. The molecule has 1 amide bonds. The molecule has 3 N–H and O–H groups in total. The summed E-state index contributed by atoms with van der Waals surface area (Å²) in [5, 5.41) is 12.0. The van der Waals surface area contributed by atoms with Gasteiger partial charge < -0.3 is 24.9 Å². The van der Waals surface area contributed by atoms with E-state index in [1.165, 1.54) is 19.2 Å². The molecule has 8 nitrogen and oxygen atoms in total. The normalized spacial score (nSPS) is 17.4. The molecule has 1 aromatic carbocycles. The number of ether oxygens (including phenoxy) is 2. The molecule has 1 aliphatic heterocycles. The number of hydrogen-bond donors (Lipinski definition) is 3. The molecule has 0 aliphatic carbocycles. The summed E-state index contributed by atoms with van der Waals surface area (Å²) in [4.78, 5) is 31.5. The van der Waals surface area contributed by atoms with Crippen LogP contribution in [0.2, 0.25) is 0 Å². The Bertz CT molecular complexity index is 1270. The first-order valence-electron chi connectivity index (χ1n) is 9.89. The zero-order valence-electron chi connectivity index (χ0n) is 17.5. The summed E-state index contributed by atoms with van der Waals surface area (Å²) in [5.41, 5.74) is -1.12. The zero-order valence-corrected chi connectivity index (χ0v) is 17.5.